The molecule has 19 heteroatoms. The van der Waals surface area contributed by atoms with E-state index in [1.165, 1.54) is 70.6 Å². The van der Waals surface area contributed by atoms with Crippen LogP contribution in [0.5, 0.6) is 0 Å². The molecule has 0 saturated heterocycles. The van der Waals surface area contributed by atoms with Gasteiger partial charge in [-0.05, 0) is 128 Å². The van der Waals surface area contributed by atoms with Gasteiger partial charge in [0.25, 0.3) is 0 Å². The summed E-state index contributed by atoms with van der Waals surface area (Å²) in [6, 6.07) is 0. The Morgan fingerprint density at radius 1 is 0.296 bits per heavy atom. The summed E-state index contributed by atoms with van der Waals surface area (Å²) in [5.74, 6) is -2.25. The SMILES string of the molecule is CC/C=C\C/C=C\C/C=C\C/C=C\CCCCC(=O)OCC(COP(=O)(O)OCC(O)COP(=O)(O)OCC(COC(=O)CCCCCCC/C=C\C/C=C\C/C=C\CC)OC(=O)CCCCCCCCCCCCCCC)OC(=O)CCCCCCC/C=C\C/C=C\CCCCC. The van der Waals surface area contributed by atoms with E-state index in [1.54, 1.807) is 0 Å². The summed E-state index contributed by atoms with van der Waals surface area (Å²) >= 11 is 0. The number of aliphatic hydroxyl groups excluding tert-OH is 1. The third kappa shape index (κ3) is 70.2. The van der Waals surface area contributed by atoms with Crippen LogP contribution in [0, 0.1) is 0 Å². The molecule has 0 rings (SSSR count). The lowest BCUT2D eigenvalue weighted by Crippen LogP contribution is -2.30. The Kier molecular flexibility index (Phi) is 68.0. The summed E-state index contributed by atoms with van der Waals surface area (Å²) in [6.07, 6.45) is 75.1. The van der Waals surface area contributed by atoms with Crippen molar-refractivity contribution in [2.75, 3.05) is 39.6 Å². The number of allylic oxidation sites excluding steroid dienone is 18. The minimum Gasteiger partial charge on any atom is -0.462 e. The van der Waals surface area contributed by atoms with E-state index >= 15 is 0 Å². The normalized spacial score (nSPS) is 14.6. The molecule has 0 aromatic heterocycles. The highest BCUT2D eigenvalue weighted by molar-refractivity contribution is 7.47. The maximum absolute atomic E-state index is 13.1. The van der Waals surface area contributed by atoms with E-state index < -0.39 is 97.5 Å². The van der Waals surface area contributed by atoms with Gasteiger partial charge >= 0.3 is 39.5 Å². The summed E-state index contributed by atoms with van der Waals surface area (Å²) in [5.41, 5.74) is 0. The van der Waals surface area contributed by atoms with Crippen LogP contribution in [0.15, 0.2) is 109 Å². The van der Waals surface area contributed by atoms with Crippen molar-refractivity contribution < 1.29 is 80.2 Å². The van der Waals surface area contributed by atoms with Crippen LogP contribution in [0.4, 0.5) is 0 Å². The second-order valence-electron chi connectivity index (χ2n) is 25.2. The molecule has 0 spiro atoms. The predicted octanol–water partition coefficient (Wildman–Crippen LogP) is 21.8. The van der Waals surface area contributed by atoms with E-state index in [-0.39, 0.29) is 25.7 Å². The molecule has 0 radical (unpaired) electrons. The van der Waals surface area contributed by atoms with Crippen LogP contribution in [0.2, 0.25) is 0 Å². The zero-order valence-corrected chi connectivity index (χ0v) is 63.2. The summed E-state index contributed by atoms with van der Waals surface area (Å²) in [5, 5.41) is 10.6. The van der Waals surface area contributed by atoms with Crippen molar-refractivity contribution >= 4 is 39.5 Å². The van der Waals surface area contributed by atoms with Gasteiger partial charge in [-0.25, -0.2) is 9.13 Å². The average Bonchev–Trinajstić information content (AvgIpc) is 1.04. The monoisotopic (exact) mass is 1420 g/mol. The number of phosphoric acid groups is 2. The number of rotatable bonds is 71. The molecule has 564 valence electrons. The largest absolute Gasteiger partial charge is 0.472 e. The predicted molar refractivity (Wildman–Crippen MR) is 399 cm³/mol. The lowest BCUT2D eigenvalue weighted by molar-refractivity contribution is -0.161. The molecule has 0 aromatic carbocycles. The highest BCUT2D eigenvalue weighted by Crippen LogP contribution is 2.45. The molecule has 0 saturated carbocycles. The molecule has 3 N–H and O–H groups in total. The van der Waals surface area contributed by atoms with Crippen molar-refractivity contribution in [1.82, 2.24) is 0 Å². The Morgan fingerprint density at radius 2 is 0.531 bits per heavy atom. The Hall–Kier alpha value is -4.28. The molecule has 0 aliphatic heterocycles. The Morgan fingerprint density at radius 3 is 0.857 bits per heavy atom. The Bertz CT molecular complexity index is 2290. The van der Waals surface area contributed by atoms with Crippen LogP contribution in [0.1, 0.15) is 310 Å². The number of aliphatic hydroxyl groups is 1. The fourth-order valence-corrected chi connectivity index (χ4v) is 11.5. The first-order chi connectivity index (χ1) is 47.7. The van der Waals surface area contributed by atoms with Crippen molar-refractivity contribution in [1.29, 1.82) is 0 Å². The summed E-state index contributed by atoms with van der Waals surface area (Å²) in [6.45, 7) is 4.55. The third-order valence-corrected chi connectivity index (χ3v) is 17.6. The molecule has 0 aliphatic rings. The van der Waals surface area contributed by atoms with Gasteiger partial charge in [0, 0.05) is 25.7 Å². The van der Waals surface area contributed by atoms with E-state index in [0.29, 0.717) is 25.7 Å². The minimum atomic E-state index is -4.99. The Balaban J connectivity index is 5.40. The van der Waals surface area contributed by atoms with Crippen LogP contribution in [-0.2, 0) is 65.4 Å². The summed E-state index contributed by atoms with van der Waals surface area (Å²) < 4.78 is 68.4. The zero-order valence-electron chi connectivity index (χ0n) is 61.4. The fourth-order valence-electron chi connectivity index (χ4n) is 9.96. The highest BCUT2D eigenvalue weighted by Gasteiger charge is 2.30. The highest BCUT2D eigenvalue weighted by atomic mass is 31.2. The van der Waals surface area contributed by atoms with E-state index in [0.717, 1.165) is 161 Å². The number of hydrogen-bond donors (Lipinski definition) is 3. The van der Waals surface area contributed by atoms with Gasteiger partial charge in [-0.3, -0.25) is 37.3 Å². The number of esters is 4. The van der Waals surface area contributed by atoms with Gasteiger partial charge in [0.2, 0.25) is 0 Å². The molecule has 0 bridgehead atoms. The molecule has 17 nitrogen and oxygen atoms in total. The van der Waals surface area contributed by atoms with Gasteiger partial charge in [-0.15, -0.1) is 0 Å². The number of carbonyl (C=O) groups is 4. The number of phosphoric ester groups is 2. The van der Waals surface area contributed by atoms with Gasteiger partial charge in [0.15, 0.2) is 12.2 Å². The summed E-state index contributed by atoms with van der Waals surface area (Å²) in [7, 11) is -9.97. The van der Waals surface area contributed by atoms with Gasteiger partial charge < -0.3 is 33.8 Å². The number of ether oxygens (including phenoxy) is 4. The van der Waals surface area contributed by atoms with Crippen LogP contribution >= 0.6 is 15.6 Å². The van der Waals surface area contributed by atoms with Gasteiger partial charge in [-0.1, -0.05) is 265 Å². The second-order valence-corrected chi connectivity index (χ2v) is 28.1. The molecule has 5 atom stereocenters. The number of hydrogen-bond acceptors (Lipinski definition) is 15. The van der Waals surface area contributed by atoms with Crippen molar-refractivity contribution in [2.45, 2.75) is 329 Å². The van der Waals surface area contributed by atoms with Crippen molar-refractivity contribution in [3.63, 3.8) is 0 Å². The quantitative estimate of drug-likeness (QED) is 0.0169. The average molecular weight is 1420 g/mol. The lowest BCUT2D eigenvalue weighted by atomic mass is 10.0. The lowest BCUT2D eigenvalue weighted by Gasteiger charge is -2.21. The first-order valence-electron chi connectivity index (χ1n) is 38.1. The van der Waals surface area contributed by atoms with Crippen molar-refractivity contribution in [2.24, 2.45) is 0 Å². The Labute approximate surface area is 594 Å². The molecule has 98 heavy (non-hydrogen) atoms. The topological polar surface area (TPSA) is 237 Å². The number of unbranched alkanes of at least 4 members (excludes halogenated alkanes) is 27. The molecule has 0 aliphatic carbocycles. The smallest absolute Gasteiger partial charge is 0.462 e. The molecular formula is C79H136O17P2. The van der Waals surface area contributed by atoms with Gasteiger partial charge in [-0.2, -0.15) is 0 Å². The van der Waals surface area contributed by atoms with Gasteiger partial charge in [0.05, 0.1) is 26.4 Å². The van der Waals surface area contributed by atoms with E-state index in [1.807, 2.05) is 0 Å². The molecule has 5 unspecified atom stereocenters. The molecule has 0 aromatic rings. The maximum atomic E-state index is 13.1. The maximum Gasteiger partial charge on any atom is 0.472 e. The second kappa shape index (κ2) is 71.1. The zero-order chi connectivity index (χ0) is 71.8. The van der Waals surface area contributed by atoms with Crippen LogP contribution < -0.4 is 0 Å². The molecule has 0 amide bonds. The van der Waals surface area contributed by atoms with E-state index in [2.05, 4.69) is 137 Å². The first kappa shape index (κ1) is 93.7. The van der Waals surface area contributed by atoms with E-state index in [9.17, 15) is 43.2 Å². The van der Waals surface area contributed by atoms with Crippen LogP contribution in [0.25, 0.3) is 0 Å². The summed E-state index contributed by atoms with van der Waals surface area (Å²) in [4.78, 5) is 72.8. The molecular weight excluding hydrogens is 1280 g/mol. The van der Waals surface area contributed by atoms with Gasteiger partial charge in [0.1, 0.15) is 19.3 Å². The van der Waals surface area contributed by atoms with Crippen LogP contribution in [0.3, 0.4) is 0 Å². The third-order valence-electron chi connectivity index (χ3n) is 15.7. The minimum absolute atomic E-state index is 0.0687. The van der Waals surface area contributed by atoms with Crippen LogP contribution in [-0.4, -0.2) is 96.7 Å². The molecule has 0 fully saturated rings. The fraction of sp³-hybridized carbons (Fsp3) is 0.722. The standard InChI is InChI=1S/C79H136O17P2/c1-5-9-13-17-21-25-29-33-36-40-43-47-51-55-59-63-76(81)89-69-74(95-78(83)65-61-57-53-49-45-39-32-28-24-20-16-12-8-4)71-93-97(85,86)91-67-73(80)68-92-98(87,88)94-72-75(96-79(84)66-62-58-54-50-46-42-38-35-31-27-23-19-15-11-7-3)70-90-77(82)64-60-56-52-48-44-41-37-34-30-26-22-18-14-10-6-2/h9-10,13-14,21-23,25-27,33-38,44,48,73-75,80H,5-8,11-12,15-20,24,28-32,39-43,45-47,49-72H2,1-4H3,(H,85,86)(H,87,88)/b13-9-,14-10-,25-21-,26-22-,27-23-,36-33-,37-34-,38-35-,48-44-. The first-order valence-corrected chi connectivity index (χ1v) is 41.1. The molecule has 0 heterocycles. The van der Waals surface area contributed by atoms with Crippen molar-refractivity contribution in [3.8, 4) is 0 Å². The van der Waals surface area contributed by atoms with E-state index in [4.69, 9.17) is 37.0 Å². The van der Waals surface area contributed by atoms with Crippen molar-refractivity contribution in [3.05, 3.63) is 109 Å². The number of carbonyl (C=O) groups excluding carboxylic acids is 4.